The van der Waals surface area contributed by atoms with Crippen LogP contribution in [-0.2, 0) is 4.79 Å². The van der Waals surface area contributed by atoms with Gasteiger partial charge in [0, 0.05) is 25.0 Å². The number of carbonyl (C=O) groups excluding carboxylic acids is 1. The van der Waals surface area contributed by atoms with Crippen molar-refractivity contribution in [3.8, 4) is 5.75 Å². The molecule has 1 aromatic carbocycles. The normalized spacial score (nSPS) is 12.9. The van der Waals surface area contributed by atoms with Crippen LogP contribution in [0.25, 0.3) is 0 Å². The number of unbranched alkanes of at least 4 members (excludes halogenated alkanes) is 1. The zero-order valence-electron chi connectivity index (χ0n) is 19.7. The van der Waals surface area contributed by atoms with E-state index >= 15 is 0 Å². The van der Waals surface area contributed by atoms with Crippen LogP contribution in [-0.4, -0.2) is 34.1 Å². The van der Waals surface area contributed by atoms with Crippen molar-refractivity contribution in [3.63, 3.8) is 0 Å². The zero-order valence-corrected chi connectivity index (χ0v) is 19.7. The lowest BCUT2D eigenvalue weighted by Crippen LogP contribution is -2.38. The molecule has 2 N–H and O–H groups in total. The lowest BCUT2D eigenvalue weighted by molar-refractivity contribution is -0.114. The number of nitrogens with zero attached hydrogens (tertiary/aromatic N) is 5. The number of benzene rings is 1. The maximum Gasteiger partial charge on any atom is 0.254 e. The number of carbonyl (C=O) groups is 1. The molecule has 9 nitrogen and oxygen atoms in total. The summed E-state index contributed by atoms with van der Waals surface area (Å²) in [4.78, 5) is 23.6. The third kappa shape index (κ3) is 6.08. The van der Waals surface area contributed by atoms with Crippen LogP contribution in [0.4, 0.5) is 5.69 Å². The maximum absolute atomic E-state index is 13.2. The van der Waals surface area contributed by atoms with E-state index < -0.39 is 0 Å². The number of hydrazone groups is 2. The Labute approximate surface area is 204 Å². The quantitative estimate of drug-likeness (QED) is 0.366. The Balaban J connectivity index is 1.53. The van der Waals surface area contributed by atoms with Crippen LogP contribution < -0.4 is 20.5 Å². The fourth-order valence-electron chi connectivity index (χ4n) is 3.33. The summed E-state index contributed by atoms with van der Waals surface area (Å²) in [6.45, 7) is 4.60. The van der Waals surface area contributed by atoms with E-state index in [4.69, 9.17) is 4.74 Å². The highest BCUT2D eigenvalue weighted by molar-refractivity contribution is 6.10. The van der Waals surface area contributed by atoms with E-state index in [-0.39, 0.29) is 5.91 Å². The summed E-state index contributed by atoms with van der Waals surface area (Å²) in [7, 11) is 0. The molecule has 35 heavy (non-hydrogen) atoms. The molecular formula is C26H27N7O2. The van der Waals surface area contributed by atoms with Gasteiger partial charge in [0.1, 0.15) is 17.1 Å². The summed E-state index contributed by atoms with van der Waals surface area (Å²) in [6.07, 6.45) is 7.92. The smallest absolute Gasteiger partial charge is 0.254 e. The van der Waals surface area contributed by atoms with E-state index in [1.807, 2.05) is 55.5 Å². The van der Waals surface area contributed by atoms with Gasteiger partial charge in [0.15, 0.2) is 11.7 Å². The topological polar surface area (TPSA) is 104 Å². The lowest BCUT2D eigenvalue weighted by atomic mass is 10.2. The first kappa shape index (κ1) is 23.6. The van der Waals surface area contributed by atoms with Crippen molar-refractivity contribution in [2.24, 2.45) is 10.2 Å². The average Bonchev–Trinajstić information content (AvgIpc) is 2.91. The van der Waals surface area contributed by atoms with E-state index in [1.165, 1.54) is 12.3 Å². The highest BCUT2D eigenvalue weighted by Crippen LogP contribution is 2.21. The number of hydrogen-bond acceptors (Lipinski definition) is 8. The molecule has 2 aromatic heterocycles. The predicted octanol–water partition coefficient (Wildman–Crippen LogP) is 3.73. The molecule has 3 aromatic rings. The fourth-order valence-corrected chi connectivity index (χ4v) is 3.33. The second kappa shape index (κ2) is 11.6. The van der Waals surface area contributed by atoms with Gasteiger partial charge < -0.3 is 9.64 Å². The van der Waals surface area contributed by atoms with Crippen LogP contribution in [0.1, 0.15) is 36.7 Å². The van der Waals surface area contributed by atoms with Gasteiger partial charge in [-0.3, -0.25) is 25.6 Å². The number of amides is 1. The highest BCUT2D eigenvalue weighted by atomic mass is 16.5. The minimum Gasteiger partial charge on any atom is -0.465 e. The van der Waals surface area contributed by atoms with Crippen LogP contribution >= 0.6 is 0 Å². The first-order valence-corrected chi connectivity index (χ1v) is 11.4. The molecule has 0 spiro atoms. The molecule has 4 rings (SSSR count). The van der Waals surface area contributed by atoms with Crippen LogP contribution in [0, 0.1) is 6.92 Å². The van der Waals surface area contributed by atoms with E-state index in [9.17, 15) is 4.79 Å². The van der Waals surface area contributed by atoms with Gasteiger partial charge in [0.05, 0.1) is 11.9 Å². The summed E-state index contributed by atoms with van der Waals surface area (Å²) in [6, 6.07) is 16.8. The SMILES string of the molecule is CCCCN(C(=O)/C=C/Oc1ccc(C)cc1)c1cccnc1C1=NNC(c2ccccn2)=NN1. The van der Waals surface area contributed by atoms with Crippen molar-refractivity contribution >= 4 is 23.3 Å². The Morgan fingerprint density at radius 2 is 1.74 bits per heavy atom. The van der Waals surface area contributed by atoms with Gasteiger partial charge in [-0.2, -0.15) is 10.2 Å². The number of amidine groups is 2. The van der Waals surface area contributed by atoms with E-state index in [0.29, 0.717) is 41.0 Å². The Morgan fingerprint density at radius 3 is 2.46 bits per heavy atom. The van der Waals surface area contributed by atoms with Gasteiger partial charge in [0.25, 0.3) is 5.91 Å². The molecule has 0 unspecified atom stereocenters. The summed E-state index contributed by atoms with van der Waals surface area (Å²) in [5, 5.41) is 8.73. The summed E-state index contributed by atoms with van der Waals surface area (Å²) >= 11 is 0. The van der Waals surface area contributed by atoms with Gasteiger partial charge in [-0.05, 0) is 49.7 Å². The number of aromatic nitrogens is 2. The molecule has 9 heteroatoms. The number of nitrogens with one attached hydrogen (secondary N) is 2. The molecule has 178 valence electrons. The van der Waals surface area contributed by atoms with E-state index in [1.54, 1.807) is 23.4 Å². The van der Waals surface area contributed by atoms with Crippen LogP contribution in [0.5, 0.6) is 5.75 Å². The van der Waals surface area contributed by atoms with E-state index in [2.05, 4.69) is 37.9 Å². The number of hydrogen-bond donors (Lipinski definition) is 2. The largest absolute Gasteiger partial charge is 0.465 e. The Morgan fingerprint density at radius 1 is 0.971 bits per heavy atom. The Bertz CT molecular complexity index is 1240. The summed E-state index contributed by atoms with van der Waals surface area (Å²) in [5.41, 5.74) is 8.76. The molecule has 0 radical (unpaired) electrons. The third-order valence-electron chi connectivity index (χ3n) is 5.19. The Kier molecular flexibility index (Phi) is 7.80. The molecule has 0 atom stereocenters. The second-order valence-corrected chi connectivity index (χ2v) is 7.81. The minimum atomic E-state index is -0.221. The molecule has 1 aliphatic heterocycles. The first-order chi connectivity index (χ1) is 17.2. The first-order valence-electron chi connectivity index (χ1n) is 11.4. The molecule has 0 bridgehead atoms. The molecule has 3 heterocycles. The van der Waals surface area contributed by atoms with Crippen LogP contribution in [0.2, 0.25) is 0 Å². The monoisotopic (exact) mass is 469 g/mol. The van der Waals surface area contributed by atoms with Crippen LogP contribution in [0.3, 0.4) is 0 Å². The van der Waals surface area contributed by atoms with Crippen molar-refractivity contribution in [1.82, 2.24) is 20.8 Å². The zero-order chi connectivity index (χ0) is 24.5. The van der Waals surface area contributed by atoms with Crippen LogP contribution in [0.15, 0.2) is 89.5 Å². The van der Waals surface area contributed by atoms with Crippen molar-refractivity contribution in [3.05, 3.63) is 96.3 Å². The minimum absolute atomic E-state index is 0.221. The second-order valence-electron chi connectivity index (χ2n) is 7.81. The van der Waals surface area contributed by atoms with Crippen molar-refractivity contribution < 1.29 is 9.53 Å². The molecule has 0 saturated carbocycles. The molecule has 1 aliphatic rings. The Hall–Kier alpha value is -4.53. The van der Waals surface area contributed by atoms with Gasteiger partial charge in [-0.15, -0.1) is 0 Å². The van der Waals surface area contributed by atoms with Gasteiger partial charge in [0.2, 0.25) is 0 Å². The molecule has 0 fully saturated rings. The van der Waals surface area contributed by atoms with Crippen molar-refractivity contribution in [2.45, 2.75) is 26.7 Å². The molecular weight excluding hydrogens is 442 g/mol. The predicted molar refractivity (Wildman–Crippen MR) is 136 cm³/mol. The highest BCUT2D eigenvalue weighted by Gasteiger charge is 2.22. The number of rotatable bonds is 9. The van der Waals surface area contributed by atoms with E-state index in [0.717, 1.165) is 18.4 Å². The number of ether oxygens (including phenoxy) is 1. The van der Waals surface area contributed by atoms with Gasteiger partial charge in [-0.25, -0.2) is 0 Å². The van der Waals surface area contributed by atoms with Crippen molar-refractivity contribution in [1.29, 1.82) is 0 Å². The fraction of sp³-hybridized carbons (Fsp3) is 0.192. The van der Waals surface area contributed by atoms with Gasteiger partial charge in [-0.1, -0.05) is 37.1 Å². The molecule has 0 aliphatic carbocycles. The van der Waals surface area contributed by atoms with Gasteiger partial charge >= 0.3 is 0 Å². The average molecular weight is 470 g/mol. The molecule has 0 saturated heterocycles. The maximum atomic E-state index is 13.2. The number of aryl methyl sites for hydroxylation is 1. The number of pyridine rings is 2. The lowest BCUT2D eigenvalue weighted by Gasteiger charge is -2.24. The summed E-state index contributed by atoms with van der Waals surface area (Å²) in [5.74, 6) is 1.33. The number of anilines is 1. The molecule has 1 amide bonds. The third-order valence-corrected chi connectivity index (χ3v) is 5.19. The van der Waals surface area contributed by atoms with Crippen molar-refractivity contribution in [2.75, 3.05) is 11.4 Å². The summed E-state index contributed by atoms with van der Waals surface area (Å²) < 4.78 is 5.61. The standard InChI is InChI=1S/C26H27N7O2/c1-3-4-17-33(23(34)14-18-35-20-12-10-19(2)11-13-20)22-9-7-16-28-24(22)26-31-29-25(30-32-26)21-8-5-6-15-27-21/h5-16,18H,3-4,17H2,1-2H3,(H,29,30)(H,31,32)/b18-14+.